The van der Waals surface area contributed by atoms with Gasteiger partial charge < -0.3 is 9.32 Å². The van der Waals surface area contributed by atoms with E-state index in [1.165, 1.54) is 12.1 Å². The van der Waals surface area contributed by atoms with Gasteiger partial charge in [0.05, 0.1) is 6.04 Å². The summed E-state index contributed by atoms with van der Waals surface area (Å²) >= 11 is 0. The van der Waals surface area contributed by atoms with E-state index in [0.717, 1.165) is 13.1 Å². The number of aromatic nitrogens is 3. The van der Waals surface area contributed by atoms with Crippen molar-refractivity contribution in [3.8, 4) is 0 Å². The lowest BCUT2D eigenvalue weighted by Crippen LogP contribution is -2.48. The SMILES string of the molecule is Fc1ccc2nc(N3CC(n4cccn4)C3)oc2c1. The Balaban J connectivity index is 1.56. The van der Waals surface area contributed by atoms with E-state index in [2.05, 4.69) is 10.1 Å². The minimum atomic E-state index is -0.312. The van der Waals surface area contributed by atoms with Crippen molar-refractivity contribution in [2.24, 2.45) is 0 Å². The molecule has 1 fully saturated rings. The van der Waals surface area contributed by atoms with Crippen molar-refractivity contribution >= 4 is 17.1 Å². The van der Waals surface area contributed by atoms with Crippen molar-refractivity contribution in [3.63, 3.8) is 0 Å². The monoisotopic (exact) mass is 258 g/mol. The molecule has 0 saturated carbocycles. The molecule has 0 unspecified atom stereocenters. The van der Waals surface area contributed by atoms with Crippen molar-refractivity contribution in [3.05, 3.63) is 42.5 Å². The largest absolute Gasteiger partial charge is 0.423 e. The summed E-state index contributed by atoms with van der Waals surface area (Å²) in [6, 6.07) is 7.17. The summed E-state index contributed by atoms with van der Waals surface area (Å²) in [6.45, 7) is 1.61. The van der Waals surface area contributed by atoms with Crippen LogP contribution in [0.15, 0.2) is 41.1 Å². The third kappa shape index (κ3) is 1.68. The molecule has 1 aliphatic rings. The number of rotatable bonds is 2. The van der Waals surface area contributed by atoms with Gasteiger partial charge in [-0.15, -0.1) is 0 Å². The molecule has 1 saturated heterocycles. The summed E-state index contributed by atoms with van der Waals surface area (Å²) in [7, 11) is 0. The third-order valence-electron chi connectivity index (χ3n) is 3.37. The molecule has 3 aromatic rings. The first-order valence-electron chi connectivity index (χ1n) is 6.10. The first-order chi connectivity index (χ1) is 9.29. The number of nitrogens with zero attached hydrogens (tertiary/aromatic N) is 4. The van der Waals surface area contributed by atoms with Crippen LogP contribution in [0, 0.1) is 5.82 Å². The molecule has 19 heavy (non-hydrogen) atoms. The van der Waals surface area contributed by atoms with Gasteiger partial charge in [-0.1, -0.05) is 0 Å². The number of hydrogen-bond acceptors (Lipinski definition) is 4. The van der Waals surface area contributed by atoms with E-state index in [0.29, 0.717) is 23.2 Å². The molecule has 4 rings (SSSR count). The van der Waals surface area contributed by atoms with Crippen molar-refractivity contribution in [1.29, 1.82) is 0 Å². The van der Waals surface area contributed by atoms with E-state index in [1.807, 2.05) is 21.8 Å². The molecule has 3 heterocycles. The second kappa shape index (κ2) is 3.81. The number of anilines is 1. The van der Waals surface area contributed by atoms with Gasteiger partial charge >= 0.3 is 0 Å². The van der Waals surface area contributed by atoms with Gasteiger partial charge in [0, 0.05) is 31.5 Å². The Morgan fingerprint density at radius 1 is 1.32 bits per heavy atom. The number of oxazole rings is 1. The van der Waals surface area contributed by atoms with Gasteiger partial charge in [-0.25, -0.2) is 4.39 Å². The summed E-state index contributed by atoms with van der Waals surface area (Å²) in [4.78, 5) is 6.37. The molecule has 0 aliphatic carbocycles. The van der Waals surface area contributed by atoms with Crippen LogP contribution >= 0.6 is 0 Å². The smallest absolute Gasteiger partial charge is 0.298 e. The Labute approximate surface area is 108 Å². The average Bonchev–Trinajstić information content (AvgIpc) is 2.95. The van der Waals surface area contributed by atoms with Crippen molar-refractivity contribution in [1.82, 2.24) is 14.8 Å². The molecular weight excluding hydrogens is 247 g/mol. The summed E-state index contributed by atoms with van der Waals surface area (Å²) in [5.41, 5.74) is 1.16. The minimum Gasteiger partial charge on any atom is -0.423 e. The fraction of sp³-hybridized carbons (Fsp3) is 0.231. The normalized spacial score (nSPS) is 15.9. The molecule has 6 heteroatoms. The fourth-order valence-electron chi connectivity index (χ4n) is 2.30. The highest BCUT2D eigenvalue weighted by Crippen LogP contribution is 2.29. The van der Waals surface area contributed by atoms with Crippen LogP contribution in [0.2, 0.25) is 0 Å². The van der Waals surface area contributed by atoms with E-state index >= 15 is 0 Å². The maximum Gasteiger partial charge on any atom is 0.298 e. The maximum absolute atomic E-state index is 13.1. The molecule has 0 atom stereocenters. The van der Waals surface area contributed by atoms with Crippen LogP contribution in [0.4, 0.5) is 10.4 Å². The lowest BCUT2D eigenvalue weighted by molar-refractivity contribution is 0.347. The fourth-order valence-corrected chi connectivity index (χ4v) is 2.30. The number of fused-ring (bicyclic) bond motifs is 1. The Hall–Kier alpha value is -2.37. The highest BCUT2D eigenvalue weighted by molar-refractivity contribution is 5.74. The number of halogens is 1. The highest BCUT2D eigenvalue weighted by Gasteiger charge is 2.31. The van der Waals surface area contributed by atoms with Crippen molar-refractivity contribution < 1.29 is 8.81 Å². The van der Waals surface area contributed by atoms with E-state index in [1.54, 1.807) is 12.3 Å². The first kappa shape index (κ1) is 10.5. The Morgan fingerprint density at radius 3 is 3.00 bits per heavy atom. The Bertz CT molecular complexity index is 715. The topological polar surface area (TPSA) is 47.1 Å². The predicted molar refractivity (Wildman–Crippen MR) is 67.4 cm³/mol. The van der Waals surface area contributed by atoms with Gasteiger partial charge in [-0.05, 0) is 18.2 Å². The van der Waals surface area contributed by atoms with E-state index < -0.39 is 0 Å². The van der Waals surface area contributed by atoms with Crippen LogP contribution in [0.5, 0.6) is 0 Å². The minimum absolute atomic E-state index is 0.312. The second-order valence-corrected chi connectivity index (χ2v) is 4.65. The molecule has 96 valence electrons. The van der Waals surface area contributed by atoms with Crippen LogP contribution in [0.1, 0.15) is 6.04 Å². The van der Waals surface area contributed by atoms with Crippen LogP contribution in [-0.4, -0.2) is 27.9 Å². The summed E-state index contributed by atoms with van der Waals surface area (Å²) in [5, 5.41) is 4.21. The zero-order valence-corrected chi connectivity index (χ0v) is 10.0. The molecule has 0 bridgehead atoms. The standard InChI is InChI=1S/C13H11FN4O/c14-9-2-3-11-12(6-9)19-13(16-11)17-7-10(8-17)18-5-1-4-15-18/h1-6,10H,7-8H2. The van der Waals surface area contributed by atoms with Crippen LogP contribution in [0.25, 0.3) is 11.1 Å². The molecule has 1 aliphatic heterocycles. The summed E-state index contributed by atoms with van der Waals surface area (Å²) in [6.07, 6.45) is 3.72. The average molecular weight is 258 g/mol. The Morgan fingerprint density at radius 2 is 2.21 bits per heavy atom. The molecule has 0 radical (unpaired) electrons. The van der Waals surface area contributed by atoms with E-state index in [-0.39, 0.29) is 5.82 Å². The molecule has 0 spiro atoms. The highest BCUT2D eigenvalue weighted by atomic mass is 19.1. The van der Waals surface area contributed by atoms with Crippen LogP contribution < -0.4 is 4.90 Å². The molecule has 0 N–H and O–H groups in total. The Kier molecular flexibility index (Phi) is 2.11. The molecular formula is C13H11FN4O. The summed E-state index contributed by atoms with van der Waals surface area (Å²) < 4.78 is 20.6. The third-order valence-corrected chi connectivity index (χ3v) is 3.37. The molecule has 5 nitrogen and oxygen atoms in total. The van der Waals surface area contributed by atoms with Gasteiger partial charge in [0.25, 0.3) is 6.01 Å². The van der Waals surface area contributed by atoms with E-state index in [9.17, 15) is 4.39 Å². The zero-order valence-electron chi connectivity index (χ0n) is 10.0. The summed E-state index contributed by atoms with van der Waals surface area (Å²) in [5.74, 6) is -0.312. The van der Waals surface area contributed by atoms with Gasteiger partial charge in [0.15, 0.2) is 5.58 Å². The zero-order chi connectivity index (χ0) is 12.8. The quantitative estimate of drug-likeness (QED) is 0.707. The first-order valence-corrected chi connectivity index (χ1v) is 6.10. The lowest BCUT2D eigenvalue weighted by atomic mass is 10.1. The van der Waals surface area contributed by atoms with Crippen molar-refractivity contribution in [2.45, 2.75) is 6.04 Å². The molecule has 0 amide bonds. The number of hydrogen-bond donors (Lipinski definition) is 0. The van der Waals surface area contributed by atoms with Crippen LogP contribution in [0.3, 0.4) is 0 Å². The van der Waals surface area contributed by atoms with Gasteiger partial charge in [-0.2, -0.15) is 10.1 Å². The van der Waals surface area contributed by atoms with Crippen LogP contribution in [-0.2, 0) is 0 Å². The van der Waals surface area contributed by atoms with Gasteiger partial charge in [0.2, 0.25) is 0 Å². The van der Waals surface area contributed by atoms with Gasteiger partial charge in [0.1, 0.15) is 11.3 Å². The van der Waals surface area contributed by atoms with E-state index in [4.69, 9.17) is 4.42 Å². The molecule has 1 aromatic carbocycles. The van der Waals surface area contributed by atoms with Gasteiger partial charge in [-0.3, -0.25) is 4.68 Å². The number of benzene rings is 1. The van der Waals surface area contributed by atoms with Crippen molar-refractivity contribution in [2.75, 3.05) is 18.0 Å². The predicted octanol–water partition coefficient (Wildman–Crippen LogP) is 2.22. The second-order valence-electron chi connectivity index (χ2n) is 4.65. The maximum atomic E-state index is 13.1. The lowest BCUT2D eigenvalue weighted by Gasteiger charge is -2.37. The molecule has 2 aromatic heterocycles.